The second-order valence-corrected chi connectivity index (χ2v) is 0.604. The Morgan fingerprint density at radius 3 is 1.33 bits per heavy atom. The summed E-state index contributed by atoms with van der Waals surface area (Å²) in [5.41, 5.74) is 8.50. The van der Waals surface area contributed by atoms with Crippen molar-refractivity contribution in [3.05, 3.63) is 0 Å². The molecule has 0 saturated carbocycles. The van der Waals surface area contributed by atoms with Gasteiger partial charge in [-0.2, -0.15) is 0 Å². The molecule has 0 heterocycles. The molecule has 0 spiro atoms. The van der Waals surface area contributed by atoms with Crippen LogP contribution in [0, 0.1) is 0 Å². The van der Waals surface area contributed by atoms with E-state index in [9.17, 15) is 0 Å². The topological polar surface area (TPSA) is 116 Å². The Bertz CT molecular complexity index is 79.0. The van der Waals surface area contributed by atoms with Gasteiger partial charge in [0.05, 0.1) is 0 Å². The Balaban J connectivity index is -0.00000000800. The predicted octanol–water partition coefficient (Wildman–Crippen LogP) is 1.45. The highest BCUT2D eigenvalue weighted by atomic mass is 17.1. The van der Waals surface area contributed by atoms with Gasteiger partial charge in [0.2, 0.25) is 0 Å². The van der Waals surface area contributed by atoms with Crippen LogP contribution in [0.25, 0.3) is 0 Å². The maximum absolute atomic E-state index is 9.00. The third-order valence-electron chi connectivity index (χ3n) is 0.0430. The molecule has 0 aliphatic heterocycles. The van der Waals surface area contributed by atoms with Crippen molar-refractivity contribution in [1.82, 2.24) is 0 Å². The Kier molecular flexibility index (Phi) is 204. The van der Waals surface area contributed by atoms with E-state index in [4.69, 9.17) is 14.8 Å². The molecule has 0 aromatic carbocycles. The van der Waals surface area contributed by atoms with E-state index in [2.05, 4.69) is 16.4 Å². The second-order valence-electron chi connectivity index (χ2n) is 0.604. The number of urea groups is 1. The summed E-state index contributed by atoms with van der Waals surface area (Å²) in [5.74, 6) is 0. The molecule has 5 N–H and O–H groups in total. The zero-order chi connectivity index (χ0) is 6.99. The number of rotatable bonds is 1. The zero-order valence-corrected chi connectivity index (χ0v) is 3.90. The average Bonchev–Trinajstić information content (AvgIpc) is 1.65. The highest BCUT2D eigenvalue weighted by Gasteiger charge is 1.60. The van der Waals surface area contributed by atoms with E-state index in [-0.39, 0.29) is 37.6 Å². The average molecular weight is 188 g/mol. The number of nitrogens with two attached hydrogens (primary N) is 2. The van der Waals surface area contributed by atoms with Gasteiger partial charge in [-0.3, -0.25) is 4.79 Å². The van der Waals surface area contributed by atoms with Gasteiger partial charge in [-0.15, -0.1) is 0 Å². The molecule has 0 fully saturated rings. The van der Waals surface area contributed by atoms with E-state index in [0.717, 1.165) is 0 Å². The van der Waals surface area contributed by atoms with Crippen LogP contribution in [0.4, 0.5) is 4.79 Å². The van der Waals surface area contributed by atoms with Crippen LogP contribution in [0.3, 0.4) is 0 Å². The Morgan fingerprint density at radius 2 is 1.33 bits per heavy atom. The van der Waals surface area contributed by atoms with Crippen molar-refractivity contribution < 1.29 is 21.2 Å². The number of hydrogen-bond donors (Lipinski definition) is 3. The fraction of sp³-hybridized carbons (Fsp3) is 0.667. The van der Waals surface area contributed by atoms with Crippen LogP contribution in [0.2, 0.25) is 0 Å². The van der Waals surface area contributed by atoms with Crippen LogP contribution < -0.4 is 11.5 Å². The molecule has 0 aliphatic carbocycles. The third-order valence-corrected chi connectivity index (χ3v) is 0.0430. The minimum Gasteiger partial charge on any atom is -0.352 e. The molecule has 2 amide bonds. The highest BCUT2D eigenvalue weighted by molar-refractivity contribution is 5.69. The molecule has 0 saturated heterocycles. The summed E-state index contributed by atoms with van der Waals surface area (Å²) in [6, 6.07) is -0.833. The molecule has 0 aromatic heterocycles. The summed E-state index contributed by atoms with van der Waals surface area (Å²) in [5, 5.41) is 7.01. The first-order valence-corrected chi connectivity index (χ1v) is 1.44. The molecule has 0 atom stereocenters. The van der Waals surface area contributed by atoms with Crippen molar-refractivity contribution in [3.8, 4) is 0 Å². The molecule has 0 unspecified atom stereocenters. The molecule has 6 heteroatoms. The minimum absolute atomic E-state index is 0. The summed E-state index contributed by atoms with van der Waals surface area (Å²) in [4.78, 5) is 20.6. The van der Waals surface area contributed by atoms with E-state index in [1.54, 1.807) is 0 Å². The molecule has 0 radical (unpaired) electrons. The number of carbonyl (C=O) groups is 2. The highest BCUT2D eigenvalue weighted by Crippen LogP contribution is 1.33. The number of primary amides is 2. The minimum atomic E-state index is -0.833. The predicted molar refractivity (Wildman–Crippen MR) is 52.6 cm³/mol. The molecule has 0 aliphatic rings. The summed E-state index contributed by atoms with van der Waals surface area (Å²) >= 11 is 0. The van der Waals surface area contributed by atoms with E-state index in [0.29, 0.717) is 0 Å². The summed E-state index contributed by atoms with van der Waals surface area (Å²) in [6.45, 7) is -0.0694. The van der Waals surface area contributed by atoms with Crippen LogP contribution in [-0.2, 0) is 9.68 Å². The standard InChI is InChI=1S/CH4N2O.CH2O3.4CH4.H2/c2-1(3)4;2-1-4-3;;;;;/h(H4,2,3,4);1,3H;4*1H4;1H. The van der Waals surface area contributed by atoms with Crippen molar-refractivity contribution in [2.24, 2.45) is 11.5 Å². The van der Waals surface area contributed by atoms with Crippen LogP contribution >= 0.6 is 0 Å². The fourth-order valence-corrected chi connectivity index (χ4v) is 0. The van der Waals surface area contributed by atoms with Gasteiger partial charge in [-0.05, 0) is 0 Å². The molecule has 6 nitrogen and oxygen atoms in total. The lowest BCUT2D eigenvalue weighted by atomic mass is 11.2. The lowest BCUT2D eigenvalue weighted by Crippen LogP contribution is -2.18. The first kappa shape index (κ1) is 45.6. The quantitative estimate of drug-likeness (QED) is 0.328. The molecule has 82 valence electrons. The van der Waals surface area contributed by atoms with Crippen molar-refractivity contribution in [3.63, 3.8) is 0 Å². The van der Waals surface area contributed by atoms with Gasteiger partial charge in [0.25, 0.3) is 0 Å². The maximum atomic E-state index is 9.00. The second kappa shape index (κ2) is 53.6. The number of carbonyl (C=O) groups excluding carboxylic acids is 2. The third kappa shape index (κ3) is 5730. The van der Waals surface area contributed by atoms with Gasteiger partial charge >= 0.3 is 12.5 Å². The molecule has 12 heavy (non-hydrogen) atoms. The van der Waals surface area contributed by atoms with Gasteiger partial charge in [-0.25, -0.2) is 10.1 Å². The summed E-state index contributed by atoms with van der Waals surface area (Å²) in [6.07, 6.45) is 0. The normalized spacial score (nSPS) is 3.75. The molecular weight excluding hydrogens is 164 g/mol. The van der Waals surface area contributed by atoms with Crippen molar-refractivity contribution in [2.45, 2.75) is 29.7 Å². The van der Waals surface area contributed by atoms with Gasteiger partial charge in [0, 0.05) is 1.43 Å². The van der Waals surface area contributed by atoms with Gasteiger partial charge in [0.15, 0.2) is 0 Å². The molecular formula is C6H24N2O4. The smallest absolute Gasteiger partial charge is 0.330 e. The Hall–Kier alpha value is -1.30. The fourth-order valence-electron chi connectivity index (χ4n) is 0. The molecule has 0 aromatic rings. The molecule has 0 rings (SSSR count). The van der Waals surface area contributed by atoms with E-state index >= 15 is 0 Å². The molecule has 0 bridgehead atoms. The van der Waals surface area contributed by atoms with Gasteiger partial charge in [-0.1, -0.05) is 29.7 Å². The lowest BCUT2D eigenvalue weighted by Gasteiger charge is -1.63. The maximum Gasteiger partial charge on any atom is 0.330 e. The van der Waals surface area contributed by atoms with E-state index < -0.39 is 6.03 Å². The SMILES string of the molecule is C.C.C.C.NC(N)=O.O=COO.[HH]. The van der Waals surface area contributed by atoms with Crippen molar-refractivity contribution in [2.75, 3.05) is 0 Å². The van der Waals surface area contributed by atoms with E-state index in [1.165, 1.54) is 0 Å². The summed E-state index contributed by atoms with van der Waals surface area (Å²) < 4.78 is 0. The monoisotopic (exact) mass is 188 g/mol. The van der Waals surface area contributed by atoms with Crippen molar-refractivity contribution >= 4 is 12.5 Å². The first-order chi connectivity index (χ1) is 3.65. The van der Waals surface area contributed by atoms with Crippen LogP contribution in [0.15, 0.2) is 0 Å². The van der Waals surface area contributed by atoms with E-state index in [1.807, 2.05) is 0 Å². The Labute approximate surface area is 75.9 Å². The van der Waals surface area contributed by atoms with Gasteiger partial charge in [0.1, 0.15) is 0 Å². The zero-order valence-electron chi connectivity index (χ0n) is 3.90. The van der Waals surface area contributed by atoms with Crippen LogP contribution in [0.1, 0.15) is 31.1 Å². The van der Waals surface area contributed by atoms with Crippen LogP contribution in [0.5, 0.6) is 0 Å². The van der Waals surface area contributed by atoms with Crippen LogP contribution in [-0.4, -0.2) is 17.8 Å². The largest absolute Gasteiger partial charge is 0.352 e. The van der Waals surface area contributed by atoms with Crippen molar-refractivity contribution in [1.29, 1.82) is 0 Å². The number of hydrogen-bond acceptors (Lipinski definition) is 4. The Morgan fingerprint density at radius 1 is 1.25 bits per heavy atom. The first-order valence-electron chi connectivity index (χ1n) is 1.44. The summed E-state index contributed by atoms with van der Waals surface area (Å²) in [7, 11) is 0. The number of amides is 2. The van der Waals surface area contributed by atoms with Gasteiger partial charge < -0.3 is 16.4 Å². The lowest BCUT2D eigenvalue weighted by molar-refractivity contribution is -0.217.